The van der Waals surface area contributed by atoms with Crippen LogP contribution < -0.4 is 5.32 Å². The van der Waals surface area contributed by atoms with Gasteiger partial charge >= 0.3 is 0 Å². The topological polar surface area (TPSA) is 68.0 Å². The van der Waals surface area contributed by atoms with E-state index in [1.807, 2.05) is 84.2 Å². The van der Waals surface area contributed by atoms with Gasteiger partial charge in [-0.15, -0.1) is 11.3 Å². The molecule has 5 rings (SSSR count). The minimum Gasteiger partial charge on any atom is -0.436 e. The van der Waals surface area contributed by atoms with Crippen molar-refractivity contribution >= 4 is 17.2 Å². The standard InChI is InChI=1S/C26H19N3O2S/c30-24(27-15-20-17-32-26(29-20)19-11-5-2-6-12-19)21-13-7-8-14-22(21)25-28-16-23(31-25)18-9-3-1-4-10-18/h1-14,16-17H,15H2,(H,27,30). The molecule has 0 radical (unpaired) electrons. The van der Waals surface area contributed by atoms with E-state index in [1.54, 1.807) is 23.6 Å². The fourth-order valence-corrected chi connectivity index (χ4v) is 4.20. The molecule has 156 valence electrons. The number of benzene rings is 3. The second-order valence-electron chi connectivity index (χ2n) is 7.13. The summed E-state index contributed by atoms with van der Waals surface area (Å²) in [5.41, 5.74) is 3.98. The van der Waals surface area contributed by atoms with E-state index in [4.69, 9.17) is 4.42 Å². The van der Waals surface area contributed by atoms with Gasteiger partial charge in [-0.3, -0.25) is 4.79 Å². The Balaban J connectivity index is 1.33. The van der Waals surface area contributed by atoms with Crippen molar-refractivity contribution in [2.75, 3.05) is 0 Å². The van der Waals surface area contributed by atoms with Crippen LogP contribution in [0.5, 0.6) is 0 Å². The number of carbonyl (C=O) groups is 1. The Bertz CT molecular complexity index is 1340. The van der Waals surface area contributed by atoms with E-state index in [-0.39, 0.29) is 5.91 Å². The van der Waals surface area contributed by atoms with Gasteiger partial charge in [0, 0.05) is 22.1 Å². The molecule has 0 unspecified atom stereocenters. The van der Waals surface area contributed by atoms with Gasteiger partial charge in [-0.2, -0.15) is 0 Å². The predicted octanol–water partition coefficient (Wildman–Crippen LogP) is 6.06. The van der Waals surface area contributed by atoms with Crippen molar-refractivity contribution in [2.24, 2.45) is 0 Å². The van der Waals surface area contributed by atoms with E-state index < -0.39 is 0 Å². The Morgan fingerprint density at radius 2 is 1.56 bits per heavy atom. The summed E-state index contributed by atoms with van der Waals surface area (Å²) in [7, 11) is 0. The van der Waals surface area contributed by atoms with E-state index in [9.17, 15) is 4.79 Å². The molecule has 0 aliphatic heterocycles. The minimum absolute atomic E-state index is 0.200. The lowest BCUT2D eigenvalue weighted by atomic mass is 10.1. The van der Waals surface area contributed by atoms with Crippen LogP contribution in [0.2, 0.25) is 0 Å². The number of hydrogen-bond acceptors (Lipinski definition) is 5. The molecule has 1 amide bonds. The molecule has 1 N–H and O–H groups in total. The van der Waals surface area contributed by atoms with E-state index in [0.717, 1.165) is 21.8 Å². The van der Waals surface area contributed by atoms with Crippen molar-refractivity contribution in [3.8, 4) is 33.3 Å². The molecule has 5 aromatic rings. The summed E-state index contributed by atoms with van der Waals surface area (Å²) in [6.45, 7) is 0.345. The summed E-state index contributed by atoms with van der Waals surface area (Å²) < 4.78 is 5.96. The monoisotopic (exact) mass is 437 g/mol. The number of oxazole rings is 1. The highest BCUT2D eigenvalue weighted by atomic mass is 32.1. The molecule has 3 aromatic carbocycles. The highest BCUT2D eigenvalue weighted by Gasteiger charge is 2.17. The number of nitrogens with one attached hydrogen (secondary N) is 1. The van der Waals surface area contributed by atoms with Crippen LogP contribution in [0.3, 0.4) is 0 Å². The molecule has 2 heterocycles. The van der Waals surface area contributed by atoms with Crippen LogP contribution in [0, 0.1) is 0 Å². The molecule has 0 aliphatic carbocycles. The van der Waals surface area contributed by atoms with Crippen molar-refractivity contribution in [3.05, 3.63) is 108 Å². The molecule has 0 saturated heterocycles. The predicted molar refractivity (Wildman–Crippen MR) is 126 cm³/mol. The van der Waals surface area contributed by atoms with Crippen molar-refractivity contribution in [1.82, 2.24) is 15.3 Å². The van der Waals surface area contributed by atoms with Gasteiger partial charge in [-0.25, -0.2) is 9.97 Å². The molecular weight excluding hydrogens is 418 g/mol. The SMILES string of the molecule is O=C(NCc1csc(-c2ccccc2)n1)c1ccccc1-c1ncc(-c2ccccc2)o1. The normalized spacial score (nSPS) is 10.8. The van der Waals surface area contributed by atoms with Gasteiger partial charge in [-0.1, -0.05) is 72.8 Å². The molecule has 2 aromatic heterocycles. The smallest absolute Gasteiger partial charge is 0.252 e. The zero-order valence-corrected chi connectivity index (χ0v) is 17.9. The van der Waals surface area contributed by atoms with Crippen molar-refractivity contribution in [2.45, 2.75) is 6.54 Å². The molecule has 6 heteroatoms. The lowest BCUT2D eigenvalue weighted by molar-refractivity contribution is 0.0951. The number of aromatic nitrogens is 2. The van der Waals surface area contributed by atoms with Gasteiger partial charge in [0.15, 0.2) is 5.76 Å². The second-order valence-corrected chi connectivity index (χ2v) is 7.99. The van der Waals surface area contributed by atoms with Crippen molar-refractivity contribution in [3.63, 3.8) is 0 Å². The van der Waals surface area contributed by atoms with Crippen LogP contribution in [-0.4, -0.2) is 15.9 Å². The van der Waals surface area contributed by atoms with Crippen LogP contribution in [0.4, 0.5) is 0 Å². The molecule has 0 atom stereocenters. The minimum atomic E-state index is -0.200. The summed E-state index contributed by atoms with van der Waals surface area (Å²) in [5.74, 6) is 0.871. The summed E-state index contributed by atoms with van der Waals surface area (Å²) in [4.78, 5) is 22.0. The van der Waals surface area contributed by atoms with Crippen LogP contribution in [0.1, 0.15) is 16.1 Å². The number of hydrogen-bond donors (Lipinski definition) is 1. The zero-order chi connectivity index (χ0) is 21.8. The maximum atomic E-state index is 13.0. The zero-order valence-electron chi connectivity index (χ0n) is 17.1. The third-order valence-electron chi connectivity index (χ3n) is 4.97. The first-order valence-corrected chi connectivity index (χ1v) is 11.0. The van der Waals surface area contributed by atoms with Gasteiger partial charge < -0.3 is 9.73 Å². The van der Waals surface area contributed by atoms with Crippen LogP contribution in [-0.2, 0) is 6.54 Å². The summed E-state index contributed by atoms with van der Waals surface area (Å²) in [6.07, 6.45) is 1.68. The van der Waals surface area contributed by atoms with Gasteiger partial charge in [-0.05, 0) is 12.1 Å². The first-order valence-electron chi connectivity index (χ1n) is 10.2. The Hall–Kier alpha value is -4.03. The Kier molecular flexibility index (Phi) is 5.59. The number of amides is 1. The second kappa shape index (κ2) is 8.99. The van der Waals surface area contributed by atoms with Gasteiger partial charge in [0.25, 0.3) is 5.91 Å². The van der Waals surface area contributed by atoms with E-state index in [1.165, 1.54) is 0 Å². The number of nitrogens with zero attached hydrogens (tertiary/aromatic N) is 2. The molecule has 0 spiro atoms. The molecule has 0 fully saturated rings. The average molecular weight is 438 g/mol. The molecule has 0 saturated carbocycles. The number of carbonyl (C=O) groups excluding carboxylic acids is 1. The Labute approximate surface area is 189 Å². The highest BCUT2D eigenvalue weighted by molar-refractivity contribution is 7.13. The Morgan fingerprint density at radius 1 is 0.875 bits per heavy atom. The first-order chi connectivity index (χ1) is 15.8. The summed E-state index contributed by atoms with van der Waals surface area (Å²) >= 11 is 1.56. The van der Waals surface area contributed by atoms with Gasteiger partial charge in [0.1, 0.15) is 5.01 Å². The third kappa shape index (κ3) is 4.22. The molecule has 0 bridgehead atoms. The molecular formula is C26H19N3O2S. The maximum Gasteiger partial charge on any atom is 0.252 e. The number of rotatable bonds is 6. The van der Waals surface area contributed by atoms with E-state index in [2.05, 4.69) is 15.3 Å². The lowest BCUT2D eigenvalue weighted by Gasteiger charge is -2.07. The quantitative estimate of drug-likeness (QED) is 0.350. The van der Waals surface area contributed by atoms with E-state index >= 15 is 0 Å². The average Bonchev–Trinajstić information content (AvgIpc) is 3.54. The third-order valence-corrected chi connectivity index (χ3v) is 5.91. The van der Waals surface area contributed by atoms with Gasteiger partial charge in [0.05, 0.1) is 24.0 Å². The highest BCUT2D eigenvalue weighted by Crippen LogP contribution is 2.28. The van der Waals surface area contributed by atoms with Crippen LogP contribution >= 0.6 is 11.3 Å². The summed E-state index contributed by atoms with van der Waals surface area (Å²) in [5, 5.41) is 5.87. The number of thiazole rings is 1. The summed E-state index contributed by atoms with van der Waals surface area (Å²) in [6, 6.07) is 27.1. The largest absolute Gasteiger partial charge is 0.436 e. The molecule has 0 aliphatic rings. The Morgan fingerprint density at radius 3 is 2.34 bits per heavy atom. The first kappa shape index (κ1) is 19.9. The van der Waals surface area contributed by atoms with Crippen molar-refractivity contribution in [1.29, 1.82) is 0 Å². The fraction of sp³-hybridized carbons (Fsp3) is 0.0385. The van der Waals surface area contributed by atoms with Crippen molar-refractivity contribution < 1.29 is 9.21 Å². The lowest BCUT2D eigenvalue weighted by Crippen LogP contribution is -2.23. The maximum absolute atomic E-state index is 13.0. The van der Waals surface area contributed by atoms with Gasteiger partial charge in [0.2, 0.25) is 5.89 Å². The molecule has 5 nitrogen and oxygen atoms in total. The molecule has 32 heavy (non-hydrogen) atoms. The van der Waals surface area contributed by atoms with E-state index in [0.29, 0.717) is 29.3 Å². The fourth-order valence-electron chi connectivity index (χ4n) is 3.37. The van der Waals surface area contributed by atoms with Crippen LogP contribution in [0.25, 0.3) is 33.3 Å². The van der Waals surface area contributed by atoms with Crippen LogP contribution in [0.15, 0.2) is 101 Å².